The van der Waals surface area contributed by atoms with Gasteiger partial charge in [0.15, 0.2) is 5.82 Å². The third-order valence-electron chi connectivity index (χ3n) is 1.86. The molecule has 0 aliphatic rings. The summed E-state index contributed by atoms with van der Waals surface area (Å²) in [6.45, 7) is 0. The van der Waals surface area contributed by atoms with Crippen molar-refractivity contribution >= 4 is 34.8 Å². The lowest BCUT2D eigenvalue weighted by molar-refractivity contribution is 0.972. The van der Waals surface area contributed by atoms with E-state index in [1.807, 2.05) is 19.5 Å². The first-order valence-electron chi connectivity index (χ1n) is 4.50. The molecule has 0 aromatic carbocycles. The summed E-state index contributed by atoms with van der Waals surface area (Å²) in [6, 6.07) is 1.80. The highest BCUT2D eigenvalue weighted by atomic mass is 35.5. The van der Waals surface area contributed by atoms with Crippen LogP contribution in [0.5, 0.6) is 0 Å². The van der Waals surface area contributed by atoms with Crippen molar-refractivity contribution in [2.75, 3.05) is 24.7 Å². The van der Waals surface area contributed by atoms with Gasteiger partial charge in [-0.15, -0.1) is 11.3 Å². The van der Waals surface area contributed by atoms with Gasteiger partial charge in [0.1, 0.15) is 0 Å². The van der Waals surface area contributed by atoms with E-state index in [-0.39, 0.29) is 5.95 Å². The summed E-state index contributed by atoms with van der Waals surface area (Å²) in [4.78, 5) is 14.9. The van der Waals surface area contributed by atoms with Gasteiger partial charge in [0.05, 0.1) is 9.90 Å². The van der Waals surface area contributed by atoms with Gasteiger partial charge in [0, 0.05) is 14.1 Å². The van der Waals surface area contributed by atoms with Crippen molar-refractivity contribution in [3.63, 3.8) is 0 Å². The molecule has 0 spiro atoms. The van der Waals surface area contributed by atoms with Crippen LogP contribution in [-0.4, -0.2) is 29.0 Å². The van der Waals surface area contributed by atoms with E-state index in [9.17, 15) is 0 Å². The third kappa shape index (κ3) is 2.07. The zero-order chi connectivity index (χ0) is 11.7. The molecule has 0 atom stereocenters. The molecule has 0 amide bonds. The quantitative estimate of drug-likeness (QED) is 0.888. The second-order valence-electron chi connectivity index (χ2n) is 3.31. The maximum atomic E-state index is 6.01. The van der Waals surface area contributed by atoms with Crippen molar-refractivity contribution in [3.8, 4) is 10.7 Å². The summed E-state index contributed by atoms with van der Waals surface area (Å²) in [6.07, 6.45) is 0. The fraction of sp³-hybridized carbons (Fsp3) is 0.222. The van der Waals surface area contributed by atoms with Crippen LogP contribution >= 0.6 is 22.9 Å². The summed E-state index contributed by atoms with van der Waals surface area (Å²) in [7, 11) is 3.68. The summed E-state index contributed by atoms with van der Waals surface area (Å²) < 4.78 is 0. The minimum Gasteiger partial charge on any atom is -0.368 e. The Morgan fingerprint density at radius 3 is 2.62 bits per heavy atom. The van der Waals surface area contributed by atoms with Crippen molar-refractivity contribution in [1.82, 2.24) is 15.0 Å². The molecule has 5 nitrogen and oxygen atoms in total. The molecular weight excluding hydrogens is 246 g/mol. The Balaban J connectivity index is 2.54. The van der Waals surface area contributed by atoms with Crippen LogP contribution in [0.1, 0.15) is 0 Å². The molecule has 16 heavy (non-hydrogen) atoms. The minimum atomic E-state index is 0.193. The highest BCUT2D eigenvalue weighted by molar-refractivity contribution is 7.14. The Morgan fingerprint density at radius 1 is 1.31 bits per heavy atom. The van der Waals surface area contributed by atoms with Crippen molar-refractivity contribution in [2.24, 2.45) is 0 Å². The van der Waals surface area contributed by atoms with Gasteiger partial charge in [-0.1, -0.05) is 11.6 Å². The summed E-state index contributed by atoms with van der Waals surface area (Å²) >= 11 is 7.49. The predicted molar refractivity (Wildman–Crippen MR) is 66.9 cm³/mol. The van der Waals surface area contributed by atoms with Crippen LogP contribution in [0.2, 0.25) is 5.02 Å². The number of aromatic nitrogens is 3. The largest absolute Gasteiger partial charge is 0.368 e. The van der Waals surface area contributed by atoms with Gasteiger partial charge in [0.2, 0.25) is 11.9 Å². The smallest absolute Gasteiger partial charge is 0.230 e. The van der Waals surface area contributed by atoms with Gasteiger partial charge in [-0.25, -0.2) is 0 Å². The number of halogens is 1. The molecule has 2 aromatic rings. The van der Waals surface area contributed by atoms with E-state index in [1.165, 1.54) is 11.3 Å². The molecule has 0 saturated carbocycles. The van der Waals surface area contributed by atoms with E-state index in [0.29, 0.717) is 16.8 Å². The summed E-state index contributed by atoms with van der Waals surface area (Å²) in [5.41, 5.74) is 5.63. The number of hydrogen-bond acceptors (Lipinski definition) is 6. The molecule has 84 valence electrons. The minimum absolute atomic E-state index is 0.193. The van der Waals surface area contributed by atoms with Crippen molar-refractivity contribution in [1.29, 1.82) is 0 Å². The second-order valence-corrected chi connectivity index (χ2v) is 4.63. The molecular formula is C9H10ClN5S. The maximum absolute atomic E-state index is 6.01. The maximum Gasteiger partial charge on any atom is 0.230 e. The Bertz CT molecular complexity index is 510. The fourth-order valence-electron chi connectivity index (χ4n) is 1.14. The number of nitrogen functional groups attached to an aromatic ring is 1. The molecule has 0 radical (unpaired) electrons. The van der Waals surface area contributed by atoms with Crippen LogP contribution in [0.4, 0.5) is 11.9 Å². The molecule has 0 aliphatic carbocycles. The molecule has 0 saturated heterocycles. The fourth-order valence-corrected chi connectivity index (χ4v) is 2.21. The molecule has 0 bridgehead atoms. The van der Waals surface area contributed by atoms with Crippen molar-refractivity contribution in [3.05, 3.63) is 16.5 Å². The number of hydrogen-bond donors (Lipinski definition) is 1. The lowest BCUT2D eigenvalue weighted by Gasteiger charge is -2.10. The van der Waals surface area contributed by atoms with Gasteiger partial charge in [0.25, 0.3) is 0 Å². The molecule has 2 N–H and O–H groups in total. The van der Waals surface area contributed by atoms with Gasteiger partial charge < -0.3 is 10.6 Å². The van der Waals surface area contributed by atoms with E-state index in [2.05, 4.69) is 15.0 Å². The van der Waals surface area contributed by atoms with E-state index in [0.717, 1.165) is 4.88 Å². The Kier molecular flexibility index (Phi) is 2.93. The van der Waals surface area contributed by atoms with E-state index in [4.69, 9.17) is 17.3 Å². The van der Waals surface area contributed by atoms with Crippen LogP contribution < -0.4 is 10.6 Å². The molecule has 2 heterocycles. The zero-order valence-corrected chi connectivity index (χ0v) is 10.4. The summed E-state index contributed by atoms with van der Waals surface area (Å²) in [5, 5.41) is 2.51. The number of anilines is 2. The average molecular weight is 256 g/mol. The lowest BCUT2D eigenvalue weighted by atomic mass is 10.4. The second kappa shape index (κ2) is 4.23. The van der Waals surface area contributed by atoms with E-state index in [1.54, 1.807) is 11.0 Å². The van der Waals surface area contributed by atoms with Crippen molar-refractivity contribution in [2.45, 2.75) is 0 Å². The van der Waals surface area contributed by atoms with Gasteiger partial charge >= 0.3 is 0 Å². The van der Waals surface area contributed by atoms with E-state index >= 15 is 0 Å². The first-order valence-corrected chi connectivity index (χ1v) is 5.76. The lowest BCUT2D eigenvalue weighted by Crippen LogP contribution is -2.15. The third-order valence-corrected chi connectivity index (χ3v) is 3.20. The van der Waals surface area contributed by atoms with Crippen LogP contribution in [0.25, 0.3) is 10.7 Å². The topological polar surface area (TPSA) is 67.9 Å². The molecule has 0 fully saturated rings. The van der Waals surface area contributed by atoms with Crippen LogP contribution in [0.15, 0.2) is 11.4 Å². The number of nitrogens with zero attached hydrogens (tertiary/aromatic N) is 4. The zero-order valence-electron chi connectivity index (χ0n) is 8.81. The standard InChI is InChI=1S/C9H10ClN5S/c1-15(2)9-13-7(12-8(11)14-9)6-5(10)3-4-16-6/h3-4H,1-2H3,(H2,11,12,13,14). The van der Waals surface area contributed by atoms with Gasteiger partial charge in [-0.05, 0) is 11.4 Å². The number of nitrogens with two attached hydrogens (primary N) is 1. The monoisotopic (exact) mass is 255 g/mol. The molecule has 0 unspecified atom stereocenters. The molecule has 2 aromatic heterocycles. The summed E-state index contributed by atoms with van der Waals surface area (Å²) in [5.74, 6) is 1.22. The SMILES string of the molecule is CN(C)c1nc(N)nc(-c2sccc2Cl)n1. The number of rotatable bonds is 2. The Labute approximate surface area is 102 Å². The highest BCUT2D eigenvalue weighted by Crippen LogP contribution is 2.31. The Morgan fingerprint density at radius 2 is 2.06 bits per heavy atom. The van der Waals surface area contributed by atoms with Crippen molar-refractivity contribution < 1.29 is 0 Å². The molecule has 0 aliphatic heterocycles. The molecule has 2 rings (SSSR count). The van der Waals surface area contributed by atoms with Gasteiger partial charge in [-0.3, -0.25) is 0 Å². The Hall–Kier alpha value is -1.40. The van der Waals surface area contributed by atoms with Crippen LogP contribution in [-0.2, 0) is 0 Å². The van der Waals surface area contributed by atoms with Crippen LogP contribution in [0, 0.1) is 0 Å². The predicted octanol–water partition coefficient (Wildman–Crippen LogP) is 1.90. The van der Waals surface area contributed by atoms with Gasteiger partial charge in [-0.2, -0.15) is 15.0 Å². The van der Waals surface area contributed by atoms with E-state index < -0.39 is 0 Å². The molecule has 7 heteroatoms. The van der Waals surface area contributed by atoms with Crippen LogP contribution in [0.3, 0.4) is 0 Å². The normalized spacial score (nSPS) is 10.4. The first kappa shape index (κ1) is 11.1. The highest BCUT2D eigenvalue weighted by Gasteiger charge is 2.12. The number of thiophene rings is 1. The average Bonchev–Trinajstić information content (AvgIpc) is 2.63. The first-order chi connectivity index (χ1) is 7.58.